The Hall–Kier alpha value is -1.59. The standard InChI is InChI=1S/C10H18N2O4/c1-10(2,3)8(9(15)16)11-7(14)5-12(4)6-13/h6,8H,5H2,1-4H3,(H,11,14)(H,15,16). The van der Waals surface area contributed by atoms with Crippen molar-refractivity contribution in [2.75, 3.05) is 13.6 Å². The summed E-state index contributed by atoms with van der Waals surface area (Å²) < 4.78 is 0. The molecule has 6 nitrogen and oxygen atoms in total. The molecule has 0 bridgehead atoms. The Morgan fingerprint density at radius 1 is 1.44 bits per heavy atom. The fraction of sp³-hybridized carbons (Fsp3) is 0.700. The zero-order valence-electron chi connectivity index (χ0n) is 9.98. The van der Waals surface area contributed by atoms with Crippen LogP contribution in [-0.4, -0.2) is 47.9 Å². The molecule has 2 N–H and O–H groups in total. The third-order valence-electron chi connectivity index (χ3n) is 1.99. The number of carboxylic acid groups (broad SMARTS) is 1. The minimum atomic E-state index is -1.09. The molecule has 1 atom stereocenters. The van der Waals surface area contributed by atoms with E-state index in [1.807, 2.05) is 0 Å². The van der Waals surface area contributed by atoms with E-state index in [0.717, 1.165) is 4.90 Å². The van der Waals surface area contributed by atoms with Gasteiger partial charge in [-0.15, -0.1) is 0 Å². The number of carbonyl (C=O) groups is 3. The van der Waals surface area contributed by atoms with Crippen LogP contribution in [-0.2, 0) is 14.4 Å². The Balaban J connectivity index is 4.48. The number of aliphatic carboxylic acids is 1. The third-order valence-corrected chi connectivity index (χ3v) is 1.99. The number of carboxylic acids is 1. The van der Waals surface area contributed by atoms with E-state index in [9.17, 15) is 14.4 Å². The quantitative estimate of drug-likeness (QED) is 0.634. The molecule has 16 heavy (non-hydrogen) atoms. The first kappa shape index (κ1) is 14.4. The molecular formula is C10H18N2O4. The smallest absolute Gasteiger partial charge is 0.326 e. The number of hydrogen-bond donors (Lipinski definition) is 2. The van der Waals surface area contributed by atoms with Crippen molar-refractivity contribution in [1.29, 1.82) is 0 Å². The molecule has 0 aromatic rings. The third kappa shape index (κ3) is 4.77. The van der Waals surface area contributed by atoms with Crippen LogP contribution in [0.4, 0.5) is 0 Å². The summed E-state index contributed by atoms with van der Waals surface area (Å²) in [6.45, 7) is 5.00. The molecule has 0 radical (unpaired) electrons. The summed E-state index contributed by atoms with van der Waals surface area (Å²) in [6, 6.07) is -0.972. The van der Waals surface area contributed by atoms with E-state index in [2.05, 4.69) is 5.32 Å². The Bertz CT molecular complexity index is 283. The maximum atomic E-state index is 11.4. The molecule has 0 aliphatic rings. The van der Waals surface area contributed by atoms with Gasteiger partial charge in [-0.05, 0) is 5.41 Å². The van der Waals surface area contributed by atoms with Crippen LogP contribution in [0.25, 0.3) is 0 Å². The topological polar surface area (TPSA) is 86.7 Å². The molecule has 0 aliphatic heterocycles. The number of likely N-dealkylation sites (N-methyl/N-ethyl adjacent to an activating group) is 1. The number of carbonyl (C=O) groups excluding carboxylic acids is 2. The van der Waals surface area contributed by atoms with Crippen LogP contribution in [0.15, 0.2) is 0 Å². The lowest BCUT2D eigenvalue weighted by Gasteiger charge is -2.28. The molecule has 0 rings (SSSR count). The number of rotatable bonds is 5. The minimum Gasteiger partial charge on any atom is -0.480 e. The predicted molar refractivity (Wildman–Crippen MR) is 57.7 cm³/mol. The van der Waals surface area contributed by atoms with Crippen molar-refractivity contribution >= 4 is 18.3 Å². The van der Waals surface area contributed by atoms with Gasteiger partial charge in [-0.2, -0.15) is 0 Å². The highest BCUT2D eigenvalue weighted by Gasteiger charge is 2.32. The van der Waals surface area contributed by atoms with Gasteiger partial charge in [0, 0.05) is 7.05 Å². The SMILES string of the molecule is CN(C=O)CC(=O)NC(C(=O)O)C(C)(C)C. The summed E-state index contributed by atoms with van der Waals surface area (Å²) in [7, 11) is 1.44. The fourth-order valence-corrected chi connectivity index (χ4v) is 1.12. The van der Waals surface area contributed by atoms with Gasteiger partial charge >= 0.3 is 5.97 Å². The summed E-state index contributed by atoms with van der Waals surface area (Å²) in [4.78, 5) is 33.8. The molecule has 0 aromatic carbocycles. The Morgan fingerprint density at radius 3 is 2.25 bits per heavy atom. The molecule has 1 unspecified atom stereocenters. The lowest BCUT2D eigenvalue weighted by molar-refractivity contribution is -0.145. The van der Waals surface area contributed by atoms with Gasteiger partial charge in [0.05, 0.1) is 6.54 Å². The van der Waals surface area contributed by atoms with Gasteiger partial charge in [-0.1, -0.05) is 20.8 Å². The van der Waals surface area contributed by atoms with E-state index in [4.69, 9.17) is 5.11 Å². The number of nitrogens with zero attached hydrogens (tertiary/aromatic N) is 1. The Labute approximate surface area is 94.6 Å². The number of amides is 2. The van der Waals surface area contributed by atoms with Gasteiger partial charge in [0.1, 0.15) is 6.04 Å². The average Bonchev–Trinajstić information content (AvgIpc) is 2.11. The monoisotopic (exact) mass is 230 g/mol. The molecule has 0 saturated heterocycles. The highest BCUT2D eigenvalue weighted by molar-refractivity contribution is 5.86. The maximum absolute atomic E-state index is 11.4. The van der Waals surface area contributed by atoms with Gasteiger partial charge in [0.25, 0.3) is 0 Å². The van der Waals surface area contributed by atoms with Gasteiger partial charge in [-0.25, -0.2) is 4.79 Å². The summed E-state index contributed by atoms with van der Waals surface area (Å²) in [6.07, 6.45) is 0.506. The van der Waals surface area contributed by atoms with Crippen LogP contribution in [0.3, 0.4) is 0 Å². The van der Waals surface area contributed by atoms with Crippen molar-refractivity contribution in [2.24, 2.45) is 5.41 Å². The minimum absolute atomic E-state index is 0.149. The van der Waals surface area contributed by atoms with Crippen molar-refractivity contribution in [3.8, 4) is 0 Å². The lowest BCUT2D eigenvalue weighted by atomic mass is 9.87. The van der Waals surface area contributed by atoms with E-state index in [0.29, 0.717) is 6.41 Å². The van der Waals surface area contributed by atoms with Crippen LogP contribution < -0.4 is 5.32 Å². The molecule has 0 aromatic heterocycles. The molecular weight excluding hydrogens is 212 g/mol. The zero-order chi connectivity index (χ0) is 12.9. The summed E-state index contributed by atoms with van der Waals surface area (Å²) in [5, 5.41) is 11.3. The molecule has 0 aliphatic carbocycles. The van der Waals surface area contributed by atoms with Crippen molar-refractivity contribution < 1.29 is 19.5 Å². The van der Waals surface area contributed by atoms with Crippen molar-refractivity contribution in [1.82, 2.24) is 10.2 Å². The second-order valence-electron chi connectivity index (χ2n) is 4.73. The first-order valence-electron chi connectivity index (χ1n) is 4.86. The van der Waals surface area contributed by atoms with E-state index < -0.39 is 23.3 Å². The number of hydrogen-bond acceptors (Lipinski definition) is 3. The van der Waals surface area contributed by atoms with Crippen molar-refractivity contribution in [3.05, 3.63) is 0 Å². The van der Waals surface area contributed by atoms with E-state index in [1.165, 1.54) is 7.05 Å². The van der Waals surface area contributed by atoms with Gasteiger partial charge in [0.2, 0.25) is 12.3 Å². The lowest BCUT2D eigenvalue weighted by Crippen LogP contribution is -2.51. The van der Waals surface area contributed by atoms with Gasteiger partial charge < -0.3 is 15.3 Å². The van der Waals surface area contributed by atoms with Crippen LogP contribution in [0, 0.1) is 5.41 Å². The molecule has 0 heterocycles. The number of nitrogens with one attached hydrogen (secondary N) is 1. The van der Waals surface area contributed by atoms with Gasteiger partial charge in [-0.3, -0.25) is 9.59 Å². The second kappa shape index (κ2) is 5.48. The second-order valence-corrected chi connectivity index (χ2v) is 4.73. The van der Waals surface area contributed by atoms with Crippen molar-refractivity contribution in [3.63, 3.8) is 0 Å². The van der Waals surface area contributed by atoms with E-state index in [1.54, 1.807) is 20.8 Å². The molecule has 6 heteroatoms. The summed E-state index contributed by atoms with van der Waals surface area (Å²) in [5.74, 6) is -1.58. The first-order chi connectivity index (χ1) is 7.18. The van der Waals surface area contributed by atoms with Gasteiger partial charge in [0.15, 0.2) is 0 Å². The van der Waals surface area contributed by atoms with Crippen molar-refractivity contribution in [2.45, 2.75) is 26.8 Å². The normalized spacial score (nSPS) is 12.8. The molecule has 0 fully saturated rings. The molecule has 92 valence electrons. The predicted octanol–water partition coefficient (Wildman–Crippen LogP) is -0.310. The van der Waals surface area contributed by atoms with Crippen LogP contribution in [0.5, 0.6) is 0 Å². The highest BCUT2D eigenvalue weighted by Crippen LogP contribution is 2.19. The maximum Gasteiger partial charge on any atom is 0.326 e. The zero-order valence-corrected chi connectivity index (χ0v) is 9.98. The Morgan fingerprint density at radius 2 is 1.94 bits per heavy atom. The van der Waals surface area contributed by atoms with E-state index >= 15 is 0 Å². The first-order valence-corrected chi connectivity index (χ1v) is 4.86. The van der Waals surface area contributed by atoms with Crippen LogP contribution >= 0.6 is 0 Å². The van der Waals surface area contributed by atoms with Crippen LogP contribution in [0.1, 0.15) is 20.8 Å². The van der Waals surface area contributed by atoms with E-state index in [-0.39, 0.29) is 6.54 Å². The van der Waals surface area contributed by atoms with Crippen LogP contribution in [0.2, 0.25) is 0 Å². The molecule has 2 amide bonds. The summed E-state index contributed by atoms with van der Waals surface area (Å²) >= 11 is 0. The molecule has 0 spiro atoms. The largest absolute Gasteiger partial charge is 0.480 e. The molecule has 0 saturated carbocycles. The average molecular weight is 230 g/mol. The highest BCUT2D eigenvalue weighted by atomic mass is 16.4. The fourth-order valence-electron chi connectivity index (χ4n) is 1.12. The Kier molecular flexibility index (Phi) is 4.94. The summed E-state index contributed by atoms with van der Waals surface area (Å²) in [5.41, 5.74) is -0.582.